The molecule has 20 heavy (non-hydrogen) atoms. The van der Waals surface area contributed by atoms with Crippen LogP contribution in [-0.2, 0) is 18.4 Å². The predicted molar refractivity (Wildman–Crippen MR) is 82.6 cm³/mol. The number of halogens is 1. The molecule has 0 N–H and O–H groups in total. The van der Waals surface area contributed by atoms with Crippen molar-refractivity contribution in [3.63, 3.8) is 0 Å². The molecule has 0 saturated carbocycles. The van der Waals surface area contributed by atoms with Crippen molar-refractivity contribution in [1.29, 1.82) is 0 Å². The maximum Gasteiger partial charge on any atom is 0.223 e. The fourth-order valence-corrected chi connectivity index (χ4v) is 3.80. The van der Waals surface area contributed by atoms with Gasteiger partial charge >= 0.3 is 0 Å². The Morgan fingerprint density at radius 1 is 1.60 bits per heavy atom. The first-order valence-corrected chi connectivity index (χ1v) is 8.54. The summed E-state index contributed by atoms with van der Waals surface area (Å²) in [7, 11) is 3.61. The van der Waals surface area contributed by atoms with Crippen LogP contribution in [0.5, 0.6) is 0 Å². The highest BCUT2D eigenvalue weighted by molar-refractivity contribution is 9.10. The van der Waals surface area contributed by atoms with Crippen LogP contribution in [-0.4, -0.2) is 43.8 Å². The van der Waals surface area contributed by atoms with Gasteiger partial charge in [-0.3, -0.25) is 4.79 Å². The second-order valence-electron chi connectivity index (χ2n) is 4.16. The van der Waals surface area contributed by atoms with Crippen molar-refractivity contribution in [3.05, 3.63) is 20.8 Å². The zero-order chi connectivity index (χ0) is 14.5. The maximum absolute atomic E-state index is 12.0. The lowest BCUT2D eigenvalue weighted by Gasteiger charge is -2.15. The Morgan fingerprint density at radius 2 is 2.40 bits per heavy atom. The Hall–Kier alpha value is -0.930. The van der Waals surface area contributed by atoms with Crippen molar-refractivity contribution in [2.75, 3.05) is 12.8 Å². The summed E-state index contributed by atoms with van der Waals surface area (Å²) in [5.41, 5.74) is 0. The lowest BCUT2D eigenvalue weighted by atomic mass is 10.4. The van der Waals surface area contributed by atoms with Crippen LogP contribution >= 0.6 is 39.0 Å². The number of rotatable bonds is 6. The molecule has 2 rings (SSSR count). The molecule has 0 aromatic carbocycles. The van der Waals surface area contributed by atoms with E-state index in [1.54, 1.807) is 28.0 Å². The Morgan fingerprint density at radius 3 is 3.00 bits per heavy atom. The molecule has 0 unspecified atom stereocenters. The van der Waals surface area contributed by atoms with E-state index < -0.39 is 0 Å². The molecule has 2 heterocycles. The third kappa shape index (κ3) is 4.29. The highest BCUT2D eigenvalue weighted by Crippen LogP contribution is 2.21. The van der Waals surface area contributed by atoms with E-state index in [2.05, 4.69) is 31.5 Å². The molecule has 1 amide bonds. The van der Waals surface area contributed by atoms with Gasteiger partial charge in [-0.2, -0.15) is 0 Å². The standard InChI is InChI=1S/C11H14BrN5OS2/c1-16(6-9-5-8(12)7-20-9)10(18)3-4-19-11-13-14-15-17(11)2/h5,7H,3-4,6H2,1-2H3. The largest absolute Gasteiger partial charge is 0.341 e. The van der Waals surface area contributed by atoms with Crippen LogP contribution in [0.1, 0.15) is 11.3 Å². The summed E-state index contributed by atoms with van der Waals surface area (Å²) in [5.74, 6) is 0.795. The second-order valence-corrected chi connectivity index (χ2v) is 7.14. The van der Waals surface area contributed by atoms with E-state index in [1.165, 1.54) is 11.8 Å². The average molecular weight is 376 g/mol. The number of nitrogens with zero attached hydrogens (tertiary/aromatic N) is 5. The third-order valence-corrected chi connectivity index (χ3v) is 5.26. The van der Waals surface area contributed by atoms with Crippen LogP contribution in [0.15, 0.2) is 21.1 Å². The lowest BCUT2D eigenvalue weighted by Crippen LogP contribution is -2.26. The maximum atomic E-state index is 12.0. The minimum absolute atomic E-state index is 0.122. The van der Waals surface area contributed by atoms with Gasteiger partial charge in [0, 0.05) is 41.0 Å². The van der Waals surface area contributed by atoms with E-state index in [1.807, 2.05) is 18.5 Å². The predicted octanol–water partition coefficient (Wildman–Crippen LogP) is 2.17. The monoisotopic (exact) mass is 375 g/mol. The Bertz CT molecular complexity index is 585. The van der Waals surface area contributed by atoms with Gasteiger partial charge in [0.25, 0.3) is 0 Å². The summed E-state index contributed by atoms with van der Waals surface area (Å²) in [6.07, 6.45) is 0.473. The normalized spacial score (nSPS) is 10.8. The van der Waals surface area contributed by atoms with Gasteiger partial charge in [0.1, 0.15) is 0 Å². The van der Waals surface area contributed by atoms with Crippen molar-refractivity contribution in [1.82, 2.24) is 25.1 Å². The van der Waals surface area contributed by atoms with Gasteiger partial charge in [-0.25, -0.2) is 4.68 Å². The number of aryl methyl sites for hydroxylation is 1. The van der Waals surface area contributed by atoms with Crippen LogP contribution in [0.3, 0.4) is 0 Å². The Labute approximate surface area is 133 Å². The van der Waals surface area contributed by atoms with Gasteiger partial charge in [-0.15, -0.1) is 16.4 Å². The van der Waals surface area contributed by atoms with Crippen molar-refractivity contribution in [2.24, 2.45) is 7.05 Å². The molecule has 0 bridgehead atoms. The summed E-state index contributed by atoms with van der Waals surface area (Å²) in [6, 6.07) is 2.04. The van der Waals surface area contributed by atoms with E-state index >= 15 is 0 Å². The minimum atomic E-state index is 0.122. The first-order chi connectivity index (χ1) is 9.56. The Balaban J connectivity index is 1.75. The van der Waals surface area contributed by atoms with Crippen LogP contribution < -0.4 is 0 Å². The molecule has 0 aliphatic carbocycles. The van der Waals surface area contributed by atoms with Gasteiger partial charge in [0.2, 0.25) is 11.1 Å². The zero-order valence-corrected chi connectivity index (χ0v) is 14.3. The molecule has 108 valence electrons. The number of thiophene rings is 1. The van der Waals surface area contributed by atoms with Crippen molar-refractivity contribution >= 4 is 44.9 Å². The highest BCUT2D eigenvalue weighted by atomic mass is 79.9. The molecule has 9 heteroatoms. The van der Waals surface area contributed by atoms with Gasteiger partial charge in [-0.05, 0) is 32.4 Å². The van der Waals surface area contributed by atoms with Gasteiger partial charge in [0.05, 0.1) is 6.54 Å². The second kappa shape index (κ2) is 7.19. The molecule has 0 saturated heterocycles. The summed E-state index contributed by atoms with van der Waals surface area (Å²) in [5, 5.41) is 13.9. The van der Waals surface area contributed by atoms with E-state index in [0.717, 1.165) is 14.5 Å². The first-order valence-electron chi connectivity index (χ1n) is 5.88. The van der Waals surface area contributed by atoms with E-state index in [0.29, 0.717) is 18.7 Å². The van der Waals surface area contributed by atoms with E-state index in [4.69, 9.17) is 0 Å². The third-order valence-electron chi connectivity index (χ3n) is 2.57. The minimum Gasteiger partial charge on any atom is -0.341 e. The number of aromatic nitrogens is 4. The molecular formula is C11H14BrN5OS2. The van der Waals surface area contributed by atoms with E-state index in [-0.39, 0.29) is 5.91 Å². The quantitative estimate of drug-likeness (QED) is 0.723. The fourth-order valence-electron chi connectivity index (χ4n) is 1.52. The molecule has 2 aromatic heterocycles. The zero-order valence-electron chi connectivity index (χ0n) is 11.1. The summed E-state index contributed by atoms with van der Waals surface area (Å²) < 4.78 is 2.66. The molecule has 0 radical (unpaired) electrons. The molecule has 0 aliphatic heterocycles. The molecule has 0 fully saturated rings. The Kier molecular flexibility index (Phi) is 5.55. The van der Waals surface area contributed by atoms with Crippen molar-refractivity contribution in [3.8, 4) is 0 Å². The number of thioether (sulfide) groups is 1. The fraction of sp³-hybridized carbons (Fsp3) is 0.455. The number of hydrogen-bond acceptors (Lipinski definition) is 6. The molecule has 0 aliphatic rings. The number of amides is 1. The molecule has 0 spiro atoms. The van der Waals surface area contributed by atoms with Crippen molar-refractivity contribution in [2.45, 2.75) is 18.1 Å². The molecule has 6 nitrogen and oxygen atoms in total. The van der Waals surface area contributed by atoms with Crippen LogP contribution in [0, 0.1) is 0 Å². The summed E-state index contributed by atoms with van der Waals surface area (Å²) in [6.45, 7) is 0.644. The van der Waals surface area contributed by atoms with Gasteiger partial charge in [0.15, 0.2) is 0 Å². The summed E-state index contributed by atoms with van der Waals surface area (Å²) >= 11 is 6.54. The molecule has 2 aromatic rings. The number of carbonyl (C=O) groups excluding carboxylic acids is 1. The number of tetrazole rings is 1. The van der Waals surface area contributed by atoms with Gasteiger partial charge in [-0.1, -0.05) is 11.8 Å². The molecule has 0 atom stereocenters. The number of carbonyl (C=O) groups is 1. The molecular weight excluding hydrogens is 362 g/mol. The highest BCUT2D eigenvalue weighted by Gasteiger charge is 2.11. The lowest BCUT2D eigenvalue weighted by molar-refractivity contribution is -0.129. The van der Waals surface area contributed by atoms with Gasteiger partial charge < -0.3 is 4.90 Å². The van der Waals surface area contributed by atoms with Crippen LogP contribution in [0.2, 0.25) is 0 Å². The summed E-state index contributed by atoms with van der Waals surface area (Å²) in [4.78, 5) is 14.9. The topological polar surface area (TPSA) is 63.9 Å². The SMILES string of the molecule is CN(Cc1cc(Br)cs1)C(=O)CCSc1nnnn1C. The van der Waals surface area contributed by atoms with Crippen molar-refractivity contribution < 1.29 is 4.79 Å². The average Bonchev–Trinajstić information content (AvgIpc) is 2.99. The number of hydrogen-bond donors (Lipinski definition) is 0. The van der Waals surface area contributed by atoms with Crippen LogP contribution in [0.25, 0.3) is 0 Å². The van der Waals surface area contributed by atoms with E-state index in [9.17, 15) is 4.79 Å². The smallest absolute Gasteiger partial charge is 0.223 e. The first kappa shape index (κ1) is 15.5. The van der Waals surface area contributed by atoms with Crippen LogP contribution in [0.4, 0.5) is 0 Å².